The molecule has 1 aromatic carbocycles. The maximum Gasteiger partial charge on any atom is 0.360 e. The number of carbonyl (C=O) groups excluding carboxylic acids is 1. The number of anilines is 2. The van der Waals surface area contributed by atoms with E-state index in [-0.39, 0.29) is 27.7 Å². The number of piperidine rings is 1. The smallest absolute Gasteiger partial charge is 0.360 e. The molecule has 2 aliphatic rings. The number of carbonyl (C=O) groups is 1. The Labute approximate surface area is 191 Å². The van der Waals surface area contributed by atoms with Gasteiger partial charge in [-0.25, -0.2) is 23.7 Å². The highest BCUT2D eigenvalue weighted by Gasteiger charge is 2.49. The zero-order valence-electron chi connectivity index (χ0n) is 19.1. The van der Waals surface area contributed by atoms with Gasteiger partial charge in [0.1, 0.15) is 5.82 Å². The van der Waals surface area contributed by atoms with Gasteiger partial charge in [-0.1, -0.05) is 24.3 Å². The van der Waals surface area contributed by atoms with Gasteiger partial charge in [0.2, 0.25) is 0 Å². The Morgan fingerprint density at radius 2 is 1.97 bits per heavy atom. The lowest BCUT2D eigenvalue weighted by molar-refractivity contribution is 0.0594. The molecular weight excluding hydrogens is 426 g/mol. The summed E-state index contributed by atoms with van der Waals surface area (Å²) in [7, 11) is 0.145. The van der Waals surface area contributed by atoms with E-state index >= 15 is 0 Å². The first-order chi connectivity index (χ1) is 15.1. The van der Waals surface area contributed by atoms with Gasteiger partial charge in [0.05, 0.1) is 35.1 Å². The quantitative estimate of drug-likeness (QED) is 0.679. The van der Waals surface area contributed by atoms with Gasteiger partial charge >= 0.3 is 5.97 Å². The first-order valence-electron chi connectivity index (χ1n) is 10.9. The standard InChI is InChI=1S/C23H31N5O3S/c1-22(2,3)32(30)27-19-16-8-6-5-7-15(16)13-23(19)9-11-28(12-10-23)20-18(21(29)31-4)25-14-17(24)26-20/h5-8,14,19,27H,9-13H2,1-4H3,(H2,24,26)/t19-,32-/m1/s1. The van der Waals surface area contributed by atoms with Crippen LogP contribution in [0.2, 0.25) is 0 Å². The number of esters is 1. The van der Waals surface area contributed by atoms with E-state index in [1.807, 2.05) is 26.8 Å². The number of ether oxygens (including phenoxy) is 1. The van der Waals surface area contributed by atoms with E-state index in [1.54, 1.807) is 0 Å². The lowest BCUT2D eigenvalue weighted by Crippen LogP contribution is -2.48. The lowest BCUT2D eigenvalue weighted by atomic mass is 9.73. The third-order valence-electron chi connectivity index (χ3n) is 6.51. The number of rotatable bonds is 4. The molecule has 1 aliphatic heterocycles. The molecular formula is C23H31N5O3S. The molecule has 3 N–H and O–H groups in total. The monoisotopic (exact) mass is 457 g/mol. The molecule has 0 amide bonds. The van der Waals surface area contributed by atoms with Crippen LogP contribution in [0.3, 0.4) is 0 Å². The lowest BCUT2D eigenvalue weighted by Gasteiger charge is -2.44. The highest BCUT2D eigenvalue weighted by molar-refractivity contribution is 7.84. The fourth-order valence-corrected chi connectivity index (χ4v) is 5.69. The van der Waals surface area contributed by atoms with Crippen LogP contribution >= 0.6 is 0 Å². The van der Waals surface area contributed by atoms with Crippen LogP contribution < -0.4 is 15.4 Å². The fraction of sp³-hybridized carbons (Fsp3) is 0.522. The van der Waals surface area contributed by atoms with Gasteiger partial charge in [-0.15, -0.1) is 0 Å². The normalized spacial score (nSPS) is 20.8. The summed E-state index contributed by atoms with van der Waals surface area (Å²) < 4.78 is 21.0. The van der Waals surface area contributed by atoms with Crippen molar-refractivity contribution >= 4 is 28.6 Å². The van der Waals surface area contributed by atoms with Crippen molar-refractivity contribution in [3.63, 3.8) is 0 Å². The Balaban J connectivity index is 1.61. The molecule has 4 rings (SSSR count). The van der Waals surface area contributed by atoms with E-state index in [4.69, 9.17) is 10.5 Å². The van der Waals surface area contributed by atoms with Crippen molar-refractivity contribution in [3.8, 4) is 0 Å². The molecule has 0 saturated carbocycles. The Morgan fingerprint density at radius 1 is 1.28 bits per heavy atom. The van der Waals surface area contributed by atoms with Crippen LogP contribution in [0.25, 0.3) is 0 Å². The van der Waals surface area contributed by atoms with Crippen LogP contribution in [0.4, 0.5) is 11.6 Å². The Morgan fingerprint density at radius 3 is 2.62 bits per heavy atom. The summed E-state index contributed by atoms with van der Waals surface area (Å²) in [6.07, 6.45) is 4.02. The highest BCUT2D eigenvalue weighted by atomic mass is 32.2. The fourth-order valence-electron chi connectivity index (χ4n) is 4.74. The summed E-state index contributed by atoms with van der Waals surface area (Å²) in [6, 6.07) is 8.44. The second kappa shape index (κ2) is 8.44. The number of methoxy groups -OCH3 is 1. The minimum absolute atomic E-state index is 0.00733. The molecule has 0 unspecified atom stereocenters. The van der Waals surface area contributed by atoms with Gasteiger partial charge in [-0.2, -0.15) is 0 Å². The van der Waals surface area contributed by atoms with E-state index in [2.05, 4.69) is 37.8 Å². The predicted molar refractivity (Wildman–Crippen MR) is 126 cm³/mol. The largest absolute Gasteiger partial charge is 0.464 e. The summed E-state index contributed by atoms with van der Waals surface area (Å²) in [5, 5.41) is 0. The summed E-state index contributed by atoms with van der Waals surface area (Å²) in [5.41, 5.74) is 8.53. The predicted octanol–water partition coefficient (Wildman–Crippen LogP) is 2.78. The molecule has 1 fully saturated rings. The van der Waals surface area contributed by atoms with E-state index in [0.29, 0.717) is 18.9 Å². The minimum Gasteiger partial charge on any atom is -0.464 e. The minimum atomic E-state index is -1.18. The third-order valence-corrected chi connectivity index (χ3v) is 8.07. The van der Waals surface area contributed by atoms with Crippen LogP contribution in [-0.2, 0) is 22.1 Å². The van der Waals surface area contributed by atoms with Gasteiger partial charge in [0.25, 0.3) is 0 Å². The van der Waals surface area contributed by atoms with Crippen molar-refractivity contribution in [1.82, 2.24) is 14.7 Å². The molecule has 2 atom stereocenters. The number of fused-ring (bicyclic) bond motifs is 1. The molecule has 1 aromatic heterocycles. The van der Waals surface area contributed by atoms with Crippen LogP contribution in [0, 0.1) is 5.41 Å². The summed E-state index contributed by atoms with van der Waals surface area (Å²) in [5.74, 6) is 0.201. The maximum atomic E-state index is 13.0. The number of hydrogen-bond donors (Lipinski definition) is 2. The highest BCUT2D eigenvalue weighted by Crippen LogP contribution is 2.52. The topological polar surface area (TPSA) is 110 Å². The number of aromatic nitrogens is 2. The van der Waals surface area contributed by atoms with E-state index in [0.717, 1.165) is 19.3 Å². The zero-order chi connectivity index (χ0) is 23.1. The second-order valence-electron chi connectivity index (χ2n) is 9.62. The summed E-state index contributed by atoms with van der Waals surface area (Å²) in [4.78, 5) is 22.8. The molecule has 1 aliphatic carbocycles. The Kier molecular flexibility index (Phi) is 5.98. The molecule has 1 saturated heterocycles. The van der Waals surface area contributed by atoms with Crippen molar-refractivity contribution in [1.29, 1.82) is 0 Å². The van der Waals surface area contributed by atoms with Crippen LogP contribution in [-0.4, -0.2) is 45.1 Å². The average molecular weight is 458 g/mol. The SMILES string of the molecule is COC(=O)c1ncc(N)nc1N1CCC2(CC1)Cc1ccccc1[C@H]2N[S@](=O)C(C)(C)C. The first-order valence-corrected chi connectivity index (χ1v) is 12.0. The molecule has 1 spiro atoms. The zero-order valence-corrected chi connectivity index (χ0v) is 19.9. The van der Waals surface area contributed by atoms with Gasteiger partial charge in [0, 0.05) is 13.1 Å². The van der Waals surface area contributed by atoms with Crippen molar-refractivity contribution < 1.29 is 13.7 Å². The molecule has 2 heterocycles. The van der Waals surface area contributed by atoms with Crippen LogP contribution in [0.5, 0.6) is 0 Å². The molecule has 0 radical (unpaired) electrons. The molecule has 9 heteroatoms. The Bertz CT molecular complexity index is 1040. The molecule has 172 valence electrons. The van der Waals surface area contributed by atoms with Crippen molar-refractivity contribution in [3.05, 3.63) is 47.3 Å². The first kappa shape index (κ1) is 22.7. The van der Waals surface area contributed by atoms with E-state index in [1.165, 1.54) is 24.4 Å². The van der Waals surface area contributed by atoms with Crippen LogP contribution in [0.1, 0.15) is 61.3 Å². The van der Waals surface area contributed by atoms with E-state index < -0.39 is 17.0 Å². The molecule has 32 heavy (non-hydrogen) atoms. The summed E-state index contributed by atoms with van der Waals surface area (Å²) in [6.45, 7) is 7.34. The number of benzene rings is 1. The van der Waals surface area contributed by atoms with Gasteiger partial charge in [-0.05, 0) is 56.6 Å². The second-order valence-corrected chi connectivity index (χ2v) is 11.6. The maximum absolute atomic E-state index is 13.0. The molecule has 8 nitrogen and oxygen atoms in total. The number of nitrogens with one attached hydrogen (secondary N) is 1. The van der Waals surface area contributed by atoms with Crippen molar-refractivity contribution in [2.45, 2.75) is 50.8 Å². The summed E-state index contributed by atoms with van der Waals surface area (Å²) >= 11 is 0. The number of nitrogens with zero attached hydrogens (tertiary/aromatic N) is 3. The van der Waals surface area contributed by atoms with Gasteiger partial charge < -0.3 is 15.4 Å². The van der Waals surface area contributed by atoms with Crippen molar-refractivity contribution in [2.24, 2.45) is 5.41 Å². The Hall–Kier alpha value is -2.52. The van der Waals surface area contributed by atoms with Gasteiger partial charge in [0.15, 0.2) is 11.5 Å². The van der Waals surface area contributed by atoms with Crippen LogP contribution in [0.15, 0.2) is 30.5 Å². The molecule has 0 bridgehead atoms. The number of nitrogens with two attached hydrogens (primary N) is 1. The average Bonchev–Trinajstić information content (AvgIpc) is 3.05. The van der Waals surface area contributed by atoms with E-state index in [9.17, 15) is 9.00 Å². The van der Waals surface area contributed by atoms with Crippen molar-refractivity contribution in [2.75, 3.05) is 30.8 Å². The molecule has 2 aromatic rings. The number of nitrogen functional groups attached to an aromatic ring is 1. The number of hydrogen-bond acceptors (Lipinski definition) is 7. The van der Waals surface area contributed by atoms with Gasteiger partial charge in [-0.3, -0.25) is 0 Å². The third kappa shape index (κ3) is 4.11.